The zero-order valence-corrected chi connectivity index (χ0v) is 12.4. The number of nitrogens with zero attached hydrogens (tertiary/aromatic N) is 1. The van der Waals surface area contributed by atoms with Crippen LogP contribution in [0.25, 0.3) is 10.8 Å². The van der Waals surface area contributed by atoms with Gasteiger partial charge in [-0.3, -0.25) is 4.98 Å². The molecule has 0 saturated carbocycles. The fourth-order valence-electron chi connectivity index (χ4n) is 2.40. The minimum absolute atomic E-state index is 0.902. The molecule has 0 atom stereocenters. The SMILES string of the molecule is CCc1ccsc1CNCc1ccc2cnccc2c1. The first-order chi connectivity index (χ1) is 9.86. The van der Waals surface area contributed by atoms with Crippen molar-refractivity contribution < 1.29 is 0 Å². The van der Waals surface area contributed by atoms with E-state index in [2.05, 4.69) is 52.9 Å². The molecule has 0 saturated heterocycles. The molecular weight excluding hydrogens is 264 g/mol. The first kappa shape index (κ1) is 13.3. The van der Waals surface area contributed by atoms with E-state index in [-0.39, 0.29) is 0 Å². The molecule has 0 bridgehead atoms. The standard InChI is InChI=1S/C17H18N2S/c1-2-14-6-8-20-17(14)12-19-10-13-3-4-16-11-18-7-5-15(16)9-13/h3-9,11,19H,2,10,12H2,1H3. The van der Waals surface area contributed by atoms with Gasteiger partial charge in [0.05, 0.1) is 0 Å². The Hall–Kier alpha value is -1.71. The van der Waals surface area contributed by atoms with E-state index in [1.807, 2.05) is 23.7 Å². The Balaban J connectivity index is 1.65. The summed E-state index contributed by atoms with van der Waals surface area (Å²) in [4.78, 5) is 5.60. The Morgan fingerprint density at radius 1 is 1.10 bits per heavy atom. The van der Waals surface area contributed by atoms with E-state index in [0.29, 0.717) is 0 Å². The van der Waals surface area contributed by atoms with E-state index < -0.39 is 0 Å². The van der Waals surface area contributed by atoms with Crippen molar-refractivity contribution in [1.29, 1.82) is 0 Å². The second-order valence-corrected chi connectivity index (χ2v) is 5.88. The Labute approximate surface area is 123 Å². The van der Waals surface area contributed by atoms with Crippen LogP contribution in [0.4, 0.5) is 0 Å². The zero-order chi connectivity index (χ0) is 13.8. The molecule has 2 heterocycles. The highest BCUT2D eigenvalue weighted by Gasteiger charge is 2.02. The number of thiophene rings is 1. The zero-order valence-electron chi connectivity index (χ0n) is 11.6. The van der Waals surface area contributed by atoms with E-state index in [1.54, 1.807) is 0 Å². The summed E-state index contributed by atoms with van der Waals surface area (Å²) in [5, 5.41) is 8.17. The van der Waals surface area contributed by atoms with Crippen LogP contribution in [0.3, 0.4) is 0 Å². The van der Waals surface area contributed by atoms with Crippen molar-refractivity contribution in [3.63, 3.8) is 0 Å². The smallest absolute Gasteiger partial charge is 0.0346 e. The lowest BCUT2D eigenvalue weighted by molar-refractivity contribution is 0.697. The van der Waals surface area contributed by atoms with Gasteiger partial charge in [0, 0.05) is 35.7 Å². The van der Waals surface area contributed by atoms with Crippen LogP contribution in [0.15, 0.2) is 48.1 Å². The first-order valence-corrected chi connectivity index (χ1v) is 7.83. The molecule has 0 aliphatic heterocycles. The summed E-state index contributed by atoms with van der Waals surface area (Å²) in [6.07, 6.45) is 4.87. The fraction of sp³-hybridized carbons (Fsp3) is 0.235. The Morgan fingerprint density at radius 2 is 2.05 bits per heavy atom. The van der Waals surface area contributed by atoms with Gasteiger partial charge in [-0.15, -0.1) is 11.3 Å². The van der Waals surface area contributed by atoms with Crippen LogP contribution in [0.1, 0.15) is 22.9 Å². The average molecular weight is 282 g/mol. The van der Waals surface area contributed by atoms with Gasteiger partial charge < -0.3 is 5.32 Å². The average Bonchev–Trinajstić information content (AvgIpc) is 2.95. The van der Waals surface area contributed by atoms with E-state index >= 15 is 0 Å². The predicted octanol–water partition coefficient (Wildman–Crippen LogP) is 4.15. The van der Waals surface area contributed by atoms with Crippen molar-refractivity contribution in [1.82, 2.24) is 10.3 Å². The van der Waals surface area contributed by atoms with Crippen LogP contribution in [-0.4, -0.2) is 4.98 Å². The maximum absolute atomic E-state index is 4.14. The van der Waals surface area contributed by atoms with Crippen molar-refractivity contribution in [2.45, 2.75) is 26.4 Å². The molecule has 3 rings (SSSR count). The third-order valence-electron chi connectivity index (χ3n) is 3.54. The summed E-state index contributed by atoms with van der Waals surface area (Å²) < 4.78 is 0. The number of aryl methyl sites for hydroxylation is 1. The Kier molecular flexibility index (Phi) is 4.09. The lowest BCUT2D eigenvalue weighted by Gasteiger charge is -2.06. The van der Waals surface area contributed by atoms with Gasteiger partial charge in [0.15, 0.2) is 0 Å². The highest BCUT2D eigenvalue weighted by atomic mass is 32.1. The molecule has 0 amide bonds. The number of hydrogen-bond acceptors (Lipinski definition) is 3. The largest absolute Gasteiger partial charge is 0.308 e. The van der Waals surface area contributed by atoms with Crippen LogP contribution in [0, 0.1) is 0 Å². The molecule has 0 unspecified atom stereocenters. The molecular formula is C17H18N2S. The van der Waals surface area contributed by atoms with Crippen molar-refractivity contribution in [2.75, 3.05) is 0 Å². The predicted molar refractivity (Wildman–Crippen MR) is 86.0 cm³/mol. The van der Waals surface area contributed by atoms with Gasteiger partial charge in [0.2, 0.25) is 0 Å². The van der Waals surface area contributed by atoms with Crippen molar-refractivity contribution in [3.05, 3.63) is 64.1 Å². The number of hydrogen-bond donors (Lipinski definition) is 1. The minimum atomic E-state index is 0.902. The Bertz CT molecular complexity index is 703. The molecule has 2 nitrogen and oxygen atoms in total. The van der Waals surface area contributed by atoms with Gasteiger partial charge in [-0.2, -0.15) is 0 Å². The monoisotopic (exact) mass is 282 g/mol. The normalized spacial score (nSPS) is 11.1. The summed E-state index contributed by atoms with van der Waals surface area (Å²) in [6.45, 7) is 4.07. The number of aromatic nitrogens is 1. The van der Waals surface area contributed by atoms with Gasteiger partial charge in [-0.05, 0) is 46.5 Å². The minimum Gasteiger partial charge on any atom is -0.308 e. The number of nitrogens with one attached hydrogen (secondary N) is 1. The molecule has 20 heavy (non-hydrogen) atoms. The maximum Gasteiger partial charge on any atom is 0.0346 e. The summed E-state index contributed by atoms with van der Waals surface area (Å²) >= 11 is 1.84. The highest BCUT2D eigenvalue weighted by molar-refractivity contribution is 7.10. The van der Waals surface area contributed by atoms with E-state index in [4.69, 9.17) is 0 Å². The maximum atomic E-state index is 4.14. The van der Waals surface area contributed by atoms with Crippen molar-refractivity contribution in [3.8, 4) is 0 Å². The molecule has 3 aromatic rings. The lowest BCUT2D eigenvalue weighted by Crippen LogP contribution is -2.12. The molecule has 1 N–H and O–H groups in total. The summed E-state index contributed by atoms with van der Waals surface area (Å²) in [5.74, 6) is 0. The van der Waals surface area contributed by atoms with E-state index in [1.165, 1.54) is 26.8 Å². The van der Waals surface area contributed by atoms with Crippen LogP contribution in [0.2, 0.25) is 0 Å². The number of benzene rings is 1. The third kappa shape index (κ3) is 2.89. The second kappa shape index (κ2) is 6.16. The van der Waals surface area contributed by atoms with Crippen LogP contribution in [0.5, 0.6) is 0 Å². The molecule has 0 fully saturated rings. The summed E-state index contributed by atoms with van der Waals surface area (Å²) in [7, 11) is 0. The van der Waals surface area contributed by atoms with Crippen molar-refractivity contribution >= 4 is 22.1 Å². The first-order valence-electron chi connectivity index (χ1n) is 6.95. The lowest BCUT2D eigenvalue weighted by atomic mass is 10.1. The summed E-state index contributed by atoms with van der Waals surface area (Å²) in [6, 6.07) is 10.8. The van der Waals surface area contributed by atoms with Gasteiger partial charge in [-0.25, -0.2) is 0 Å². The number of pyridine rings is 1. The summed E-state index contributed by atoms with van der Waals surface area (Å²) in [5.41, 5.74) is 2.78. The molecule has 0 spiro atoms. The fourth-order valence-corrected chi connectivity index (χ4v) is 3.35. The number of fused-ring (bicyclic) bond motifs is 1. The Morgan fingerprint density at radius 3 is 2.95 bits per heavy atom. The van der Waals surface area contributed by atoms with Gasteiger partial charge in [-0.1, -0.05) is 19.1 Å². The van der Waals surface area contributed by atoms with Crippen molar-refractivity contribution in [2.24, 2.45) is 0 Å². The van der Waals surface area contributed by atoms with E-state index in [0.717, 1.165) is 19.5 Å². The van der Waals surface area contributed by atoms with Crippen LogP contribution in [-0.2, 0) is 19.5 Å². The van der Waals surface area contributed by atoms with Gasteiger partial charge in [0.25, 0.3) is 0 Å². The quantitative estimate of drug-likeness (QED) is 0.760. The molecule has 0 aliphatic rings. The van der Waals surface area contributed by atoms with Gasteiger partial charge >= 0.3 is 0 Å². The topological polar surface area (TPSA) is 24.9 Å². The molecule has 3 heteroatoms. The molecule has 102 valence electrons. The molecule has 0 radical (unpaired) electrons. The second-order valence-electron chi connectivity index (χ2n) is 4.88. The third-order valence-corrected chi connectivity index (χ3v) is 4.50. The van der Waals surface area contributed by atoms with Crippen LogP contribution >= 0.6 is 11.3 Å². The molecule has 0 aliphatic carbocycles. The molecule has 2 aromatic heterocycles. The highest BCUT2D eigenvalue weighted by Crippen LogP contribution is 2.18. The van der Waals surface area contributed by atoms with E-state index in [9.17, 15) is 0 Å². The van der Waals surface area contributed by atoms with Crippen LogP contribution < -0.4 is 5.32 Å². The number of rotatable bonds is 5. The van der Waals surface area contributed by atoms with Gasteiger partial charge in [0.1, 0.15) is 0 Å². The molecule has 1 aromatic carbocycles.